The summed E-state index contributed by atoms with van der Waals surface area (Å²) in [6, 6.07) is 0. The van der Waals surface area contributed by atoms with Crippen LogP contribution >= 0.6 is 0 Å². The van der Waals surface area contributed by atoms with E-state index in [0.717, 1.165) is 0 Å². The number of ether oxygens (including phenoxy) is 2. The molecule has 3 saturated carbocycles. The maximum absolute atomic E-state index is 14.3. The van der Waals surface area contributed by atoms with Crippen LogP contribution in [0.2, 0.25) is 0 Å². The van der Waals surface area contributed by atoms with Crippen molar-refractivity contribution in [2.24, 2.45) is 22.7 Å². The molecule has 0 aromatic rings. The Kier molecular flexibility index (Phi) is 4.81. The first-order chi connectivity index (χ1) is 16.7. The number of carbonyl (C=O) groups is 2. The van der Waals surface area contributed by atoms with Gasteiger partial charge in [0, 0.05) is 23.0 Å². The zero-order valence-electron chi connectivity index (χ0n) is 21.2. The van der Waals surface area contributed by atoms with Crippen molar-refractivity contribution in [1.82, 2.24) is 0 Å². The number of rotatable bonds is 4. The minimum absolute atomic E-state index is 0.113. The molecule has 5 fully saturated rings. The molecule has 0 aromatic heterocycles. The van der Waals surface area contributed by atoms with Crippen molar-refractivity contribution in [1.29, 1.82) is 0 Å². The van der Waals surface area contributed by atoms with Gasteiger partial charge in [-0.3, -0.25) is 9.59 Å². The van der Waals surface area contributed by atoms with E-state index in [0.29, 0.717) is 0 Å². The molecule has 5 rings (SSSR count). The SMILES string of the molecule is C/C=C/C=C/C(O)=C1/C(=O)[C@@]2(C)[C@H]3\C(=C(O)/C=C/C=C/C)C(=O)[C@@]4(C)[C@@H]1[C@]1(C)O[C@@]4(O)[C@@]3(C)O[C@@]12O. The van der Waals surface area contributed by atoms with Crippen LogP contribution in [0.5, 0.6) is 0 Å². The predicted octanol–water partition coefficient (Wildman–Crippen LogP) is 3.25. The summed E-state index contributed by atoms with van der Waals surface area (Å²) < 4.78 is 12.5. The molecule has 4 N–H and O–H groups in total. The summed E-state index contributed by atoms with van der Waals surface area (Å²) in [6.07, 6.45) is 12.6. The van der Waals surface area contributed by atoms with E-state index in [-0.39, 0.29) is 22.7 Å². The van der Waals surface area contributed by atoms with Crippen LogP contribution in [0.25, 0.3) is 0 Å². The second-order valence-corrected chi connectivity index (χ2v) is 11.0. The number of carbonyl (C=O) groups excluding carboxylic acids is 2. The van der Waals surface area contributed by atoms with Crippen LogP contribution in [-0.4, -0.2) is 54.8 Å². The smallest absolute Gasteiger partial charge is 0.210 e. The van der Waals surface area contributed by atoms with Crippen LogP contribution < -0.4 is 0 Å². The van der Waals surface area contributed by atoms with Gasteiger partial charge in [0.15, 0.2) is 11.6 Å². The number of ketones is 2. The summed E-state index contributed by atoms with van der Waals surface area (Å²) in [4.78, 5) is 28.7. The number of allylic oxidation sites excluding steroid dienone is 8. The van der Waals surface area contributed by atoms with E-state index in [9.17, 15) is 30.0 Å². The first kappa shape index (κ1) is 24.9. The normalized spacial score (nSPS) is 51.8. The predicted molar refractivity (Wildman–Crippen MR) is 129 cm³/mol. The topological polar surface area (TPSA) is 134 Å². The fourth-order valence-electron chi connectivity index (χ4n) is 7.94. The third-order valence-electron chi connectivity index (χ3n) is 9.41. The lowest BCUT2D eigenvalue weighted by atomic mass is 9.39. The van der Waals surface area contributed by atoms with Crippen molar-refractivity contribution in [3.8, 4) is 0 Å². The lowest BCUT2D eigenvalue weighted by Gasteiger charge is -2.58. The molecule has 0 spiro atoms. The largest absolute Gasteiger partial charge is 0.508 e. The van der Waals surface area contributed by atoms with Crippen LogP contribution in [0.3, 0.4) is 0 Å². The number of aliphatic hydroxyl groups is 4. The third-order valence-corrected chi connectivity index (χ3v) is 9.41. The number of hydrogen-bond acceptors (Lipinski definition) is 8. The molecule has 2 saturated heterocycles. The highest BCUT2D eigenvalue weighted by molar-refractivity contribution is 6.13. The van der Waals surface area contributed by atoms with Crippen molar-refractivity contribution >= 4 is 11.6 Å². The molecule has 8 heteroatoms. The molecule has 5 aliphatic rings. The number of aliphatic hydroxyl groups excluding tert-OH is 2. The fraction of sp³-hybridized carbons (Fsp3) is 0.500. The van der Waals surface area contributed by atoms with Gasteiger partial charge in [-0.1, -0.05) is 36.5 Å². The van der Waals surface area contributed by atoms with E-state index >= 15 is 0 Å². The molecule has 3 aliphatic carbocycles. The Bertz CT molecular complexity index is 1190. The maximum atomic E-state index is 14.3. The van der Waals surface area contributed by atoms with Crippen molar-refractivity contribution in [2.75, 3.05) is 0 Å². The molecule has 0 unspecified atom stereocenters. The van der Waals surface area contributed by atoms with Gasteiger partial charge in [0.25, 0.3) is 0 Å². The number of hydrogen-bond donors (Lipinski definition) is 4. The second kappa shape index (κ2) is 6.95. The van der Waals surface area contributed by atoms with Crippen molar-refractivity contribution in [3.05, 3.63) is 71.3 Å². The van der Waals surface area contributed by atoms with Crippen LogP contribution in [-0.2, 0) is 19.1 Å². The molecule has 0 radical (unpaired) electrons. The monoisotopic (exact) mass is 496 g/mol. The third kappa shape index (κ3) is 2.15. The molecular formula is C28H32O8. The Labute approximate surface area is 209 Å². The van der Waals surface area contributed by atoms with Gasteiger partial charge in [-0.15, -0.1) is 0 Å². The summed E-state index contributed by atoms with van der Waals surface area (Å²) in [5.41, 5.74) is -7.52. The van der Waals surface area contributed by atoms with E-state index < -0.39 is 57.0 Å². The van der Waals surface area contributed by atoms with Gasteiger partial charge >= 0.3 is 0 Å². The van der Waals surface area contributed by atoms with E-state index in [2.05, 4.69) is 0 Å². The van der Waals surface area contributed by atoms with Crippen molar-refractivity contribution < 1.29 is 39.5 Å². The molecule has 2 heterocycles. The quantitative estimate of drug-likeness (QED) is 0.265. The minimum atomic E-state index is -2.26. The summed E-state index contributed by atoms with van der Waals surface area (Å²) in [5, 5.41) is 46.6. The van der Waals surface area contributed by atoms with Gasteiger partial charge in [-0.25, -0.2) is 0 Å². The van der Waals surface area contributed by atoms with Gasteiger partial charge in [0.2, 0.25) is 11.6 Å². The van der Waals surface area contributed by atoms with Crippen molar-refractivity contribution in [3.63, 3.8) is 0 Å². The Morgan fingerprint density at radius 2 is 1.03 bits per heavy atom. The zero-order chi connectivity index (χ0) is 26.7. The Morgan fingerprint density at radius 1 is 0.694 bits per heavy atom. The first-order valence-corrected chi connectivity index (χ1v) is 12.1. The molecule has 8 bridgehead atoms. The van der Waals surface area contributed by atoms with E-state index in [1.54, 1.807) is 50.3 Å². The van der Waals surface area contributed by atoms with Gasteiger partial charge in [0.05, 0.1) is 10.8 Å². The molecule has 2 aliphatic heterocycles. The zero-order valence-corrected chi connectivity index (χ0v) is 21.2. The Hall–Kier alpha value is -2.78. The van der Waals surface area contributed by atoms with E-state index in [4.69, 9.17) is 9.47 Å². The van der Waals surface area contributed by atoms with Gasteiger partial charge < -0.3 is 29.9 Å². The second-order valence-electron chi connectivity index (χ2n) is 11.0. The van der Waals surface area contributed by atoms with Crippen LogP contribution in [0.4, 0.5) is 0 Å². The fourth-order valence-corrected chi connectivity index (χ4v) is 7.94. The van der Waals surface area contributed by atoms with Crippen LogP contribution in [0.1, 0.15) is 41.5 Å². The Balaban J connectivity index is 1.93. The lowest BCUT2D eigenvalue weighted by molar-refractivity contribution is -0.450. The highest BCUT2D eigenvalue weighted by Gasteiger charge is 2.99. The summed E-state index contributed by atoms with van der Waals surface area (Å²) in [5.74, 6) is -9.12. The van der Waals surface area contributed by atoms with Crippen LogP contribution in [0, 0.1) is 22.7 Å². The Morgan fingerprint density at radius 3 is 1.33 bits per heavy atom. The average molecular weight is 497 g/mol. The van der Waals surface area contributed by atoms with E-state index in [1.165, 1.54) is 39.8 Å². The first-order valence-electron chi connectivity index (χ1n) is 12.1. The summed E-state index contributed by atoms with van der Waals surface area (Å²) in [6.45, 7) is 9.48. The van der Waals surface area contributed by atoms with Gasteiger partial charge in [0.1, 0.15) is 22.7 Å². The standard InChI is InChI=1S/C28H32O8/c1-7-9-11-13-15(29)17-19-23(3)22(32)18(16(30)14-12-10-8-2)20-24(4,21(17)31)28(34)25(19,5)35-27(23,33)26(20,6)36-28/h7-14,19-20,29-30,33-34H,1-6H3/b9-7+,10-8+,13-11+,14-12+,17-15-,18-16-/t19-,20-,23-,24-,25+,26+,27-,28-/m1/s1. The highest BCUT2D eigenvalue weighted by Crippen LogP contribution is 2.83. The van der Waals surface area contributed by atoms with E-state index in [1.807, 2.05) is 0 Å². The average Bonchev–Trinajstić information content (AvgIpc) is 3.12. The molecule has 36 heavy (non-hydrogen) atoms. The number of Topliss-reactive ketones (excluding diaryl/α,β-unsaturated/α-hetero) is 2. The van der Waals surface area contributed by atoms with Gasteiger partial charge in [-0.2, -0.15) is 0 Å². The molecule has 192 valence electrons. The lowest BCUT2D eigenvalue weighted by Crippen LogP contribution is -2.74. The molecular weight excluding hydrogens is 464 g/mol. The summed E-state index contributed by atoms with van der Waals surface area (Å²) >= 11 is 0. The van der Waals surface area contributed by atoms with Gasteiger partial charge in [-0.05, 0) is 53.7 Å². The minimum Gasteiger partial charge on any atom is -0.508 e. The molecule has 0 amide bonds. The van der Waals surface area contributed by atoms with Crippen molar-refractivity contribution in [2.45, 2.75) is 64.3 Å². The molecule has 0 aromatic carbocycles. The maximum Gasteiger partial charge on any atom is 0.210 e. The summed E-state index contributed by atoms with van der Waals surface area (Å²) in [7, 11) is 0. The highest BCUT2D eigenvalue weighted by atomic mass is 16.8. The molecule has 8 atom stereocenters. The van der Waals surface area contributed by atoms with Crippen LogP contribution in [0.15, 0.2) is 71.3 Å². The molecule has 8 nitrogen and oxygen atoms in total.